The van der Waals surface area contributed by atoms with Crippen LogP contribution in [0.3, 0.4) is 0 Å². The fourth-order valence-corrected chi connectivity index (χ4v) is 3.19. The average molecular weight is 393 g/mol. The molecule has 2 aromatic carbocycles. The van der Waals surface area contributed by atoms with Crippen molar-refractivity contribution in [3.05, 3.63) is 88.6 Å². The first-order chi connectivity index (χ1) is 13.6. The fourth-order valence-electron chi connectivity index (χ4n) is 2.57. The molecule has 0 aliphatic rings. The number of hydrogen-bond acceptors (Lipinski definition) is 4. The Balaban J connectivity index is 1.79. The molecule has 4 nitrogen and oxygen atoms in total. The minimum Gasteiger partial charge on any atom is -0.384 e. The van der Waals surface area contributed by atoms with Gasteiger partial charge in [0, 0.05) is 35.9 Å². The molecule has 0 spiro atoms. The molecule has 0 bridgehead atoms. The summed E-state index contributed by atoms with van der Waals surface area (Å²) in [7, 11) is 0. The van der Waals surface area contributed by atoms with E-state index < -0.39 is 0 Å². The van der Waals surface area contributed by atoms with Crippen LogP contribution in [0, 0.1) is 5.82 Å². The van der Waals surface area contributed by atoms with E-state index in [1.54, 1.807) is 29.7 Å². The zero-order valence-corrected chi connectivity index (χ0v) is 16.0. The number of aromatic nitrogens is 1. The Kier molecular flexibility index (Phi) is 6.70. The number of anilines is 2. The Morgan fingerprint density at radius 1 is 1.18 bits per heavy atom. The van der Waals surface area contributed by atoms with Crippen molar-refractivity contribution in [3.63, 3.8) is 0 Å². The number of halogens is 1. The van der Waals surface area contributed by atoms with Gasteiger partial charge >= 0.3 is 0 Å². The van der Waals surface area contributed by atoms with Gasteiger partial charge in [0.25, 0.3) is 0 Å². The Bertz CT molecular complexity index is 966. The highest BCUT2D eigenvalue weighted by Gasteiger charge is 2.04. The smallest absolute Gasteiger partial charge is 0.247 e. The minimum atomic E-state index is -0.268. The number of benzene rings is 2. The molecule has 28 heavy (non-hydrogen) atoms. The normalized spacial score (nSPS) is 10.8. The minimum absolute atomic E-state index is 0.266. The van der Waals surface area contributed by atoms with Crippen LogP contribution in [0.15, 0.2) is 66.7 Å². The van der Waals surface area contributed by atoms with E-state index in [1.807, 2.05) is 35.7 Å². The number of amides is 1. The zero-order chi connectivity index (χ0) is 19.8. The van der Waals surface area contributed by atoms with Crippen molar-refractivity contribution in [2.45, 2.75) is 6.42 Å². The number of carbonyl (C=O) groups excluding carboxylic acids is 1. The molecule has 3 rings (SSSR count). The maximum Gasteiger partial charge on any atom is 0.247 e. The molecule has 0 unspecified atom stereocenters. The van der Waals surface area contributed by atoms with Crippen LogP contribution >= 0.6 is 11.3 Å². The molecule has 1 heterocycles. The van der Waals surface area contributed by atoms with Crippen molar-refractivity contribution in [1.29, 1.82) is 0 Å². The van der Waals surface area contributed by atoms with Gasteiger partial charge in [-0.1, -0.05) is 30.9 Å². The third-order valence-corrected chi connectivity index (χ3v) is 4.81. The summed E-state index contributed by atoms with van der Waals surface area (Å²) >= 11 is 1.63. The van der Waals surface area contributed by atoms with Crippen LogP contribution in [0.4, 0.5) is 15.8 Å². The molecule has 3 aromatic rings. The standard InChI is InChI=1S/C22H20FN3OS/c1-2-21(27)26-19-9-10-20(24-12-11-22-25-13-14-28-22)17(15-19)6-3-16-4-7-18(23)8-5-16/h2-10,13-15,24H,1,11-12H2,(H,26,27)/b6-3+. The third-order valence-electron chi connectivity index (χ3n) is 3.97. The Morgan fingerprint density at radius 3 is 2.71 bits per heavy atom. The van der Waals surface area contributed by atoms with E-state index >= 15 is 0 Å². The lowest BCUT2D eigenvalue weighted by Crippen LogP contribution is -2.09. The summed E-state index contributed by atoms with van der Waals surface area (Å²) in [6, 6.07) is 11.9. The van der Waals surface area contributed by atoms with E-state index in [1.165, 1.54) is 18.2 Å². The van der Waals surface area contributed by atoms with Gasteiger partial charge < -0.3 is 10.6 Å². The van der Waals surface area contributed by atoms with E-state index in [9.17, 15) is 9.18 Å². The van der Waals surface area contributed by atoms with Gasteiger partial charge in [0.2, 0.25) is 5.91 Å². The predicted octanol–water partition coefficient (Wildman–Crippen LogP) is 5.23. The van der Waals surface area contributed by atoms with Crippen LogP contribution in [0.2, 0.25) is 0 Å². The van der Waals surface area contributed by atoms with Gasteiger partial charge in [-0.05, 0) is 47.5 Å². The van der Waals surface area contributed by atoms with Gasteiger partial charge in [-0.3, -0.25) is 4.79 Å². The van der Waals surface area contributed by atoms with Crippen LogP contribution in [0.5, 0.6) is 0 Å². The largest absolute Gasteiger partial charge is 0.384 e. The Labute approximate surface area is 167 Å². The predicted molar refractivity (Wildman–Crippen MR) is 115 cm³/mol. The molecule has 0 radical (unpaired) electrons. The summed E-state index contributed by atoms with van der Waals surface area (Å²) in [5.74, 6) is -0.534. The number of nitrogens with zero attached hydrogens (tertiary/aromatic N) is 1. The number of rotatable bonds is 8. The van der Waals surface area contributed by atoms with Gasteiger partial charge in [-0.2, -0.15) is 0 Å². The van der Waals surface area contributed by atoms with E-state index in [0.29, 0.717) is 5.69 Å². The highest BCUT2D eigenvalue weighted by Crippen LogP contribution is 2.23. The molecule has 0 atom stereocenters. The van der Waals surface area contributed by atoms with Crippen molar-refractivity contribution in [1.82, 2.24) is 4.98 Å². The lowest BCUT2D eigenvalue weighted by atomic mass is 10.1. The molecule has 0 saturated heterocycles. The molecule has 0 saturated carbocycles. The molecule has 6 heteroatoms. The fraction of sp³-hybridized carbons (Fsp3) is 0.0909. The maximum atomic E-state index is 13.1. The number of hydrogen-bond donors (Lipinski definition) is 2. The van der Waals surface area contributed by atoms with Gasteiger partial charge in [0.15, 0.2) is 0 Å². The number of thiazole rings is 1. The molecule has 0 aliphatic carbocycles. The molecule has 142 valence electrons. The summed E-state index contributed by atoms with van der Waals surface area (Å²) < 4.78 is 13.1. The maximum absolute atomic E-state index is 13.1. The zero-order valence-electron chi connectivity index (χ0n) is 15.2. The molecule has 0 fully saturated rings. The van der Waals surface area contributed by atoms with Gasteiger partial charge in [0.05, 0.1) is 5.01 Å². The summed E-state index contributed by atoms with van der Waals surface area (Å²) in [6.07, 6.45) is 7.69. The molecule has 1 amide bonds. The van der Waals surface area contributed by atoms with Gasteiger partial charge in [-0.25, -0.2) is 9.37 Å². The Hall–Kier alpha value is -3.25. The van der Waals surface area contributed by atoms with Crippen LogP contribution in [0.25, 0.3) is 12.2 Å². The first-order valence-corrected chi connectivity index (χ1v) is 9.65. The summed E-state index contributed by atoms with van der Waals surface area (Å²) in [5.41, 5.74) is 3.40. The molecule has 0 aliphatic heterocycles. The highest BCUT2D eigenvalue weighted by molar-refractivity contribution is 7.09. The van der Waals surface area contributed by atoms with E-state index in [4.69, 9.17) is 0 Å². The number of carbonyl (C=O) groups is 1. The second-order valence-corrected chi connectivity index (χ2v) is 6.96. The van der Waals surface area contributed by atoms with E-state index in [-0.39, 0.29) is 11.7 Å². The summed E-state index contributed by atoms with van der Waals surface area (Å²) in [6.45, 7) is 4.21. The monoisotopic (exact) mass is 393 g/mol. The quantitative estimate of drug-likeness (QED) is 0.407. The van der Waals surface area contributed by atoms with Crippen molar-refractivity contribution in [2.75, 3.05) is 17.2 Å². The number of nitrogens with one attached hydrogen (secondary N) is 2. The molecule has 2 N–H and O–H groups in total. The van der Waals surface area contributed by atoms with Gasteiger partial charge in [0.1, 0.15) is 5.82 Å². The first-order valence-electron chi connectivity index (χ1n) is 8.77. The third kappa shape index (κ3) is 5.62. The van der Waals surface area contributed by atoms with Crippen LogP contribution < -0.4 is 10.6 Å². The van der Waals surface area contributed by atoms with Crippen molar-refractivity contribution in [2.24, 2.45) is 0 Å². The van der Waals surface area contributed by atoms with E-state index in [2.05, 4.69) is 22.2 Å². The van der Waals surface area contributed by atoms with E-state index in [0.717, 1.165) is 34.8 Å². The molecule has 1 aromatic heterocycles. The van der Waals surface area contributed by atoms with Crippen LogP contribution in [0.1, 0.15) is 16.1 Å². The lowest BCUT2D eigenvalue weighted by molar-refractivity contribution is -0.111. The topological polar surface area (TPSA) is 54.0 Å². The van der Waals surface area contributed by atoms with Crippen LogP contribution in [-0.4, -0.2) is 17.4 Å². The van der Waals surface area contributed by atoms with Crippen molar-refractivity contribution in [3.8, 4) is 0 Å². The summed E-state index contributed by atoms with van der Waals surface area (Å²) in [4.78, 5) is 15.9. The second-order valence-electron chi connectivity index (χ2n) is 5.98. The second kappa shape index (κ2) is 9.62. The molecular weight excluding hydrogens is 373 g/mol. The lowest BCUT2D eigenvalue weighted by Gasteiger charge is -2.12. The SMILES string of the molecule is C=CC(=O)Nc1ccc(NCCc2nccs2)c(/C=C/c2ccc(F)cc2)c1. The Morgan fingerprint density at radius 2 is 2.00 bits per heavy atom. The summed E-state index contributed by atoms with van der Waals surface area (Å²) in [5, 5.41) is 9.22. The molecular formula is C22H20FN3OS. The van der Waals surface area contributed by atoms with Crippen molar-refractivity contribution < 1.29 is 9.18 Å². The highest BCUT2D eigenvalue weighted by atomic mass is 32.1. The van der Waals surface area contributed by atoms with Gasteiger partial charge in [-0.15, -0.1) is 11.3 Å². The average Bonchev–Trinajstić information content (AvgIpc) is 3.22. The first kappa shape index (κ1) is 19.5. The van der Waals surface area contributed by atoms with Crippen molar-refractivity contribution >= 4 is 40.8 Å². The van der Waals surface area contributed by atoms with Crippen LogP contribution in [-0.2, 0) is 11.2 Å².